The number of hydrogen-bond acceptors (Lipinski definition) is 3. The van der Waals surface area contributed by atoms with Crippen molar-refractivity contribution in [3.8, 4) is 0 Å². The van der Waals surface area contributed by atoms with Gasteiger partial charge >= 0.3 is 0 Å². The molecule has 0 saturated heterocycles. The van der Waals surface area contributed by atoms with Gasteiger partial charge in [-0.3, -0.25) is 5.01 Å². The summed E-state index contributed by atoms with van der Waals surface area (Å²) in [6.07, 6.45) is 5.02. The van der Waals surface area contributed by atoms with Gasteiger partial charge in [0.2, 0.25) is 0 Å². The molecule has 0 rings (SSSR count). The molecule has 0 heterocycles. The summed E-state index contributed by atoms with van der Waals surface area (Å²) in [5.74, 6) is 11.1. The Morgan fingerprint density at radius 1 is 1.43 bits per heavy atom. The van der Waals surface area contributed by atoms with Crippen LogP contribution in [0.4, 0.5) is 0 Å². The predicted molar refractivity (Wildman–Crippen MR) is 61.2 cm³/mol. The van der Waals surface area contributed by atoms with Crippen LogP contribution in [0.25, 0.3) is 0 Å². The number of rotatable bonds is 4. The molecular formula is C10H16N4. The van der Waals surface area contributed by atoms with E-state index in [0.717, 1.165) is 5.57 Å². The Hall–Kier alpha value is -1.81. The van der Waals surface area contributed by atoms with Gasteiger partial charge in [0.05, 0.1) is 0 Å². The highest BCUT2D eigenvalue weighted by atomic mass is 15.4. The first kappa shape index (κ1) is 12.2. The zero-order valence-electron chi connectivity index (χ0n) is 8.40. The van der Waals surface area contributed by atoms with Gasteiger partial charge < -0.3 is 5.84 Å². The Morgan fingerprint density at radius 3 is 2.29 bits per heavy atom. The Morgan fingerprint density at radius 2 is 2.00 bits per heavy atom. The summed E-state index contributed by atoms with van der Waals surface area (Å²) in [5.41, 5.74) is 1.38. The van der Waals surface area contributed by atoms with Crippen molar-refractivity contribution in [2.75, 3.05) is 7.05 Å². The molecule has 4 nitrogen and oxygen atoms in total. The number of amidine groups is 1. The first-order valence-electron chi connectivity index (χ1n) is 3.99. The molecule has 0 aliphatic carbocycles. The van der Waals surface area contributed by atoms with E-state index >= 15 is 0 Å². The average molecular weight is 192 g/mol. The van der Waals surface area contributed by atoms with Crippen LogP contribution in [0, 0.1) is 0 Å². The molecule has 0 spiro atoms. The van der Waals surface area contributed by atoms with Crippen LogP contribution < -0.4 is 11.7 Å². The minimum Gasteiger partial charge on any atom is -0.321 e. The molecule has 0 fully saturated rings. The lowest BCUT2D eigenvalue weighted by Gasteiger charge is -2.16. The second-order valence-electron chi connectivity index (χ2n) is 2.60. The van der Waals surface area contributed by atoms with Gasteiger partial charge in [0, 0.05) is 12.6 Å². The molecule has 76 valence electrons. The molecule has 0 aromatic heterocycles. The fourth-order valence-corrected chi connectivity index (χ4v) is 0.930. The largest absolute Gasteiger partial charge is 0.321 e. The quantitative estimate of drug-likeness (QED) is 0.229. The molecule has 0 aliphatic heterocycles. The number of hydrazine groups is 1. The van der Waals surface area contributed by atoms with Crippen molar-refractivity contribution < 1.29 is 0 Å². The van der Waals surface area contributed by atoms with E-state index in [1.807, 2.05) is 0 Å². The Labute approximate surface area is 84.5 Å². The van der Waals surface area contributed by atoms with Gasteiger partial charge in [0.1, 0.15) is 0 Å². The maximum atomic E-state index is 5.51. The number of likely N-dealkylation sites (N-methyl/N-ethyl adjacent to an activating group) is 1. The van der Waals surface area contributed by atoms with E-state index in [1.165, 1.54) is 5.01 Å². The number of nitrogens with two attached hydrogens (primary N) is 2. The Bertz CT molecular complexity index is 297. The van der Waals surface area contributed by atoms with E-state index < -0.39 is 0 Å². The molecule has 0 aromatic rings. The molecular weight excluding hydrogens is 176 g/mol. The minimum atomic E-state index is 0.401. The normalized spacial score (nSPS) is 12.1. The molecule has 0 atom stereocenters. The molecule has 0 aromatic carbocycles. The molecule has 0 radical (unpaired) electrons. The van der Waals surface area contributed by atoms with Gasteiger partial charge in [-0.25, -0.2) is 5.84 Å². The molecule has 0 amide bonds. The summed E-state index contributed by atoms with van der Waals surface area (Å²) in [6.45, 7) is 11.0. The highest BCUT2D eigenvalue weighted by Crippen LogP contribution is 2.11. The van der Waals surface area contributed by atoms with Gasteiger partial charge in [0.25, 0.3) is 0 Å². The van der Waals surface area contributed by atoms with Gasteiger partial charge in [-0.1, -0.05) is 38.0 Å². The monoisotopic (exact) mass is 192 g/mol. The van der Waals surface area contributed by atoms with Crippen LogP contribution in [0.5, 0.6) is 0 Å². The topological polar surface area (TPSA) is 67.6 Å². The lowest BCUT2D eigenvalue weighted by molar-refractivity contribution is 0.537. The van der Waals surface area contributed by atoms with Crippen molar-refractivity contribution in [2.24, 2.45) is 16.8 Å². The van der Waals surface area contributed by atoms with E-state index in [9.17, 15) is 0 Å². The van der Waals surface area contributed by atoms with Crippen molar-refractivity contribution in [1.82, 2.24) is 5.01 Å². The van der Waals surface area contributed by atoms with E-state index in [0.29, 0.717) is 11.4 Å². The van der Waals surface area contributed by atoms with E-state index in [-0.39, 0.29) is 0 Å². The highest BCUT2D eigenvalue weighted by Gasteiger charge is 2.09. The lowest BCUT2D eigenvalue weighted by atomic mass is 10.1. The fraction of sp³-hybridized carbons (Fsp3) is 0.100. The summed E-state index contributed by atoms with van der Waals surface area (Å²) in [5, 5.41) is 4.83. The smallest absolute Gasteiger partial charge is 0.169 e. The van der Waals surface area contributed by atoms with Crippen LogP contribution in [0.3, 0.4) is 0 Å². The molecule has 0 unspecified atom stereocenters. The highest BCUT2D eigenvalue weighted by molar-refractivity contribution is 6.01. The summed E-state index contributed by atoms with van der Waals surface area (Å²) in [4.78, 5) is 0. The summed E-state index contributed by atoms with van der Waals surface area (Å²) in [6, 6.07) is 0. The van der Waals surface area contributed by atoms with Crippen LogP contribution in [-0.2, 0) is 0 Å². The second kappa shape index (κ2) is 5.77. The molecule has 14 heavy (non-hydrogen) atoms. The minimum absolute atomic E-state index is 0.401. The molecule has 0 saturated carbocycles. The van der Waals surface area contributed by atoms with Crippen LogP contribution >= 0.6 is 0 Å². The van der Waals surface area contributed by atoms with Crippen molar-refractivity contribution in [1.29, 1.82) is 0 Å². The van der Waals surface area contributed by atoms with Crippen LogP contribution in [0.2, 0.25) is 0 Å². The van der Waals surface area contributed by atoms with Gasteiger partial charge in [-0.2, -0.15) is 5.10 Å². The van der Waals surface area contributed by atoms with Gasteiger partial charge in [-0.05, 0) is 5.57 Å². The maximum absolute atomic E-state index is 5.51. The third-order valence-electron chi connectivity index (χ3n) is 1.59. The number of hydrazone groups is 1. The van der Waals surface area contributed by atoms with Gasteiger partial charge in [-0.15, -0.1) is 0 Å². The standard InChI is InChI=1S/C10H16N4/c1-5-7-9(6-2)8(3)10(13-11)14(4)12/h5-7H,1-3,11-12H2,4H3/b9-7+,13-10-. The van der Waals surface area contributed by atoms with Crippen molar-refractivity contribution in [2.45, 2.75) is 0 Å². The summed E-state index contributed by atoms with van der Waals surface area (Å²) in [7, 11) is 1.63. The maximum Gasteiger partial charge on any atom is 0.169 e. The molecule has 0 aliphatic rings. The van der Waals surface area contributed by atoms with Crippen LogP contribution in [-0.4, -0.2) is 17.9 Å². The molecule has 4 heteroatoms. The lowest BCUT2D eigenvalue weighted by Crippen LogP contribution is -2.35. The van der Waals surface area contributed by atoms with E-state index in [1.54, 1.807) is 25.3 Å². The SMILES string of the molecule is C=C/C=C(\C=C)C(=C)/C(=N/N)N(C)N. The van der Waals surface area contributed by atoms with Gasteiger partial charge in [0.15, 0.2) is 5.84 Å². The number of allylic oxidation sites excluding steroid dienone is 3. The van der Waals surface area contributed by atoms with Crippen molar-refractivity contribution >= 4 is 5.84 Å². The first-order chi connectivity index (χ1) is 6.58. The van der Waals surface area contributed by atoms with E-state index in [2.05, 4.69) is 24.8 Å². The predicted octanol–water partition coefficient (Wildman–Crippen LogP) is 0.919. The first-order valence-corrected chi connectivity index (χ1v) is 3.99. The zero-order chi connectivity index (χ0) is 11.1. The Kier molecular flexibility index (Phi) is 5.02. The molecule has 4 N–H and O–H groups in total. The third-order valence-corrected chi connectivity index (χ3v) is 1.59. The van der Waals surface area contributed by atoms with Crippen LogP contribution in [0.15, 0.2) is 54.2 Å². The number of nitrogens with zero attached hydrogens (tertiary/aromatic N) is 2. The van der Waals surface area contributed by atoms with E-state index in [4.69, 9.17) is 11.7 Å². The Balaban J connectivity index is 5.01. The average Bonchev–Trinajstić information content (AvgIpc) is 2.14. The van der Waals surface area contributed by atoms with Crippen molar-refractivity contribution in [3.63, 3.8) is 0 Å². The summed E-state index contributed by atoms with van der Waals surface area (Å²) < 4.78 is 0. The third kappa shape index (κ3) is 2.91. The number of hydrogen-bond donors (Lipinski definition) is 2. The van der Waals surface area contributed by atoms with Crippen LogP contribution in [0.1, 0.15) is 0 Å². The summed E-state index contributed by atoms with van der Waals surface area (Å²) >= 11 is 0. The molecule has 0 bridgehead atoms. The fourth-order valence-electron chi connectivity index (χ4n) is 0.930. The second-order valence-corrected chi connectivity index (χ2v) is 2.60. The zero-order valence-corrected chi connectivity index (χ0v) is 8.40. The van der Waals surface area contributed by atoms with Crippen molar-refractivity contribution in [3.05, 3.63) is 49.1 Å².